The predicted octanol–water partition coefficient (Wildman–Crippen LogP) is 6.51. The molecule has 1 fully saturated rings. The minimum atomic E-state index is -0.554. The number of aliphatic hydroxyl groups excluding tert-OH is 1. The van der Waals surface area contributed by atoms with E-state index in [0.29, 0.717) is 10.6 Å². The number of rotatable bonds is 5. The highest BCUT2D eigenvalue weighted by atomic mass is 79.9. The molecule has 0 spiro atoms. The van der Waals surface area contributed by atoms with Crippen molar-refractivity contribution in [1.82, 2.24) is 0 Å². The van der Waals surface area contributed by atoms with E-state index in [2.05, 4.69) is 20.8 Å². The number of esters is 1. The first kappa shape index (κ1) is 22.8. The fraction of sp³-hybridized carbons (Fsp3) is 0.269. The van der Waals surface area contributed by atoms with E-state index in [9.17, 15) is 9.90 Å². The van der Waals surface area contributed by atoms with E-state index in [1.54, 1.807) is 12.1 Å². The van der Waals surface area contributed by atoms with Crippen molar-refractivity contribution >= 4 is 39.2 Å². The number of benzene rings is 3. The lowest BCUT2D eigenvalue weighted by atomic mass is 9.84. The number of ether oxygens (including phenoxy) is 1. The number of piperidine rings is 1. The van der Waals surface area contributed by atoms with Crippen LogP contribution in [0.4, 0.5) is 5.69 Å². The third kappa shape index (κ3) is 5.01. The lowest BCUT2D eigenvalue weighted by Gasteiger charge is -2.36. The normalized spacial score (nSPS) is 15.4. The van der Waals surface area contributed by atoms with Crippen LogP contribution in [0, 0.1) is 5.92 Å². The number of halogens is 2. The minimum Gasteiger partial charge on any atom is -0.465 e. The first-order chi connectivity index (χ1) is 15.5. The summed E-state index contributed by atoms with van der Waals surface area (Å²) >= 11 is 9.62. The summed E-state index contributed by atoms with van der Waals surface area (Å²) in [4.78, 5) is 13.9. The highest BCUT2D eigenvalue weighted by molar-refractivity contribution is 9.10. The molecule has 6 heteroatoms. The smallest absolute Gasteiger partial charge is 0.337 e. The van der Waals surface area contributed by atoms with E-state index in [0.717, 1.165) is 52.8 Å². The summed E-state index contributed by atoms with van der Waals surface area (Å²) in [5, 5.41) is 12.0. The minimum absolute atomic E-state index is 0.168. The second-order valence-electron chi connectivity index (χ2n) is 8.05. The van der Waals surface area contributed by atoms with Crippen LogP contribution in [-0.4, -0.2) is 31.3 Å². The number of hydrogen-bond donors (Lipinski definition) is 1. The number of carbonyl (C=O) groups is 1. The van der Waals surface area contributed by atoms with Crippen LogP contribution in [0.15, 0.2) is 71.2 Å². The maximum absolute atomic E-state index is 11.7. The molecule has 1 aliphatic rings. The van der Waals surface area contributed by atoms with Crippen LogP contribution < -0.4 is 4.90 Å². The van der Waals surface area contributed by atoms with E-state index >= 15 is 0 Å². The molecule has 1 unspecified atom stereocenters. The van der Waals surface area contributed by atoms with E-state index < -0.39 is 6.10 Å². The van der Waals surface area contributed by atoms with Gasteiger partial charge in [-0.05, 0) is 84.0 Å². The number of aliphatic hydroxyl groups is 1. The van der Waals surface area contributed by atoms with Crippen LogP contribution in [0.25, 0.3) is 11.1 Å². The number of nitrogens with zero attached hydrogens (tertiary/aromatic N) is 1. The van der Waals surface area contributed by atoms with Gasteiger partial charge in [0.05, 0.1) is 18.8 Å². The predicted molar refractivity (Wildman–Crippen MR) is 132 cm³/mol. The second-order valence-corrected chi connectivity index (χ2v) is 9.40. The Balaban J connectivity index is 1.48. The molecule has 4 rings (SSSR count). The summed E-state index contributed by atoms with van der Waals surface area (Å²) in [6.07, 6.45) is 1.21. The zero-order valence-corrected chi connectivity index (χ0v) is 20.1. The molecular weight excluding hydrogens is 490 g/mol. The van der Waals surface area contributed by atoms with E-state index in [-0.39, 0.29) is 11.9 Å². The lowest BCUT2D eigenvalue weighted by Crippen LogP contribution is -2.35. The van der Waals surface area contributed by atoms with Crippen molar-refractivity contribution in [1.29, 1.82) is 0 Å². The van der Waals surface area contributed by atoms with Gasteiger partial charge in [-0.2, -0.15) is 0 Å². The van der Waals surface area contributed by atoms with Gasteiger partial charge in [0.2, 0.25) is 0 Å². The number of anilines is 1. The molecule has 4 nitrogen and oxygen atoms in total. The molecule has 1 saturated heterocycles. The number of methoxy groups -OCH3 is 1. The average Bonchev–Trinajstić information content (AvgIpc) is 2.84. The molecule has 0 radical (unpaired) electrons. The molecule has 1 N–H and O–H groups in total. The van der Waals surface area contributed by atoms with Gasteiger partial charge in [-0.1, -0.05) is 45.7 Å². The van der Waals surface area contributed by atoms with Crippen molar-refractivity contribution in [2.75, 3.05) is 25.1 Å². The average molecular weight is 515 g/mol. The van der Waals surface area contributed by atoms with Gasteiger partial charge in [0.1, 0.15) is 0 Å². The summed E-state index contributed by atoms with van der Waals surface area (Å²) in [5.41, 5.74) is 4.63. The Morgan fingerprint density at radius 1 is 1.06 bits per heavy atom. The molecule has 1 aliphatic heterocycles. The van der Waals surface area contributed by atoms with E-state index in [1.807, 2.05) is 54.6 Å². The van der Waals surface area contributed by atoms with Gasteiger partial charge >= 0.3 is 5.97 Å². The van der Waals surface area contributed by atoms with Gasteiger partial charge in [0.15, 0.2) is 0 Å². The number of carbonyl (C=O) groups excluding carboxylic acids is 1. The van der Waals surface area contributed by atoms with Crippen molar-refractivity contribution in [2.24, 2.45) is 5.92 Å². The largest absolute Gasteiger partial charge is 0.465 e. The Kier molecular flexibility index (Phi) is 7.19. The molecule has 1 heterocycles. The number of hydrogen-bond acceptors (Lipinski definition) is 4. The standard InChI is InChI=1S/C26H25BrClNO3/c1-32-26(31)19-4-9-22(10-5-19)29-14-12-18(13-15-29)25(30)24-16-20(27)6-11-23(24)17-2-7-21(28)8-3-17/h2-11,16,18,25,30H,12-15H2,1H3. The maximum Gasteiger partial charge on any atom is 0.337 e. The highest BCUT2D eigenvalue weighted by Crippen LogP contribution is 2.38. The lowest BCUT2D eigenvalue weighted by molar-refractivity contribution is 0.0600. The summed E-state index contributed by atoms with van der Waals surface area (Å²) < 4.78 is 5.72. The maximum atomic E-state index is 11.7. The van der Waals surface area contributed by atoms with Gasteiger partial charge in [-0.3, -0.25) is 0 Å². The van der Waals surface area contributed by atoms with Crippen LogP contribution in [-0.2, 0) is 4.74 Å². The third-order valence-electron chi connectivity index (χ3n) is 6.13. The third-order valence-corrected chi connectivity index (χ3v) is 6.87. The summed E-state index contributed by atoms with van der Waals surface area (Å²) in [5.74, 6) is -0.162. The topological polar surface area (TPSA) is 49.8 Å². The van der Waals surface area contributed by atoms with Crippen molar-refractivity contribution < 1.29 is 14.6 Å². The Labute approximate surface area is 201 Å². The highest BCUT2D eigenvalue weighted by Gasteiger charge is 2.28. The van der Waals surface area contributed by atoms with Crippen LogP contribution in [0.5, 0.6) is 0 Å². The Morgan fingerprint density at radius 3 is 2.34 bits per heavy atom. The van der Waals surface area contributed by atoms with Crippen LogP contribution in [0.2, 0.25) is 5.02 Å². The van der Waals surface area contributed by atoms with Gasteiger partial charge < -0.3 is 14.7 Å². The molecule has 0 amide bonds. The van der Waals surface area contributed by atoms with Crippen molar-refractivity contribution in [3.05, 3.63) is 87.4 Å². The summed E-state index contributed by atoms with van der Waals surface area (Å²) in [6, 6.07) is 21.3. The molecule has 32 heavy (non-hydrogen) atoms. The van der Waals surface area contributed by atoms with Crippen molar-refractivity contribution in [3.8, 4) is 11.1 Å². The SMILES string of the molecule is COC(=O)c1ccc(N2CCC(C(O)c3cc(Br)ccc3-c3ccc(Cl)cc3)CC2)cc1. The van der Waals surface area contributed by atoms with E-state index in [4.69, 9.17) is 16.3 Å². The first-order valence-corrected chi connectivity index (χ1v) is 11.8. The zero-order chi connectivity index (χ0) is 22.7. The summed E-state index contributed by atoms with van der Waals surface area (Å²) in [7, 11) is 1.38. The molecule has 0 aliphatic carbocycles. The second kappa shape index (κ2) is 10.1. The van der Waals surface area contributed by atoms with E-state index in [1.165, 1.54) is 7.11 Å². The van der Waals surface area contributed by atoms with Gasteiger partial charge in [-0.15, -0.1) is 0 Å². The molecule has 1 atom stereocenters. The summed E-state index contributed by atoms with van der Waals surface area (Å²) in [6.45, 7) is 1.70. The monoisotopic (exact) mass is 513 g/mol. The van der Waals surface area contributed by atoms with Crippen LogP contribution >= 0.6 is 27.5 Å². The fourth-order valence-corrected chi connectivity index (χ4v) is 4.83. The molecule has 0 aromatic heterocycles. The van der Waals surface area contributed by atoms with Gasteiger partial charge in [0.25, 0.3) is 0 Å². The van der Waals surface area contributed by atoms with Gasteiger partial charge in [0, 0.05) is 28.3 Å². The van der Waals surface area contributed by atoms with Crippen LogP contribution in [0.3, 0.4) is 0 Å². The van der Waals surface area contributed by atoms with Crippen molar-refractivity contribution in [2.45, 2.75) is 18.9 Å². The zero-order valence-electron chi connectivity index (χ0n) is 17.8. The molecule has 0 bridgehead atoms. The first-order valence-electron chi connectivity index (χ1n) is 10.6. The molecule has 166 valence electrons. The Morgan fingerprint density at radius 2 is 1.72 bits per heavy atom. The Bertz CT molecular complexity index is 1080. The molecular formula is C26H25BrClNO3. The van der Waals surface area contributed by atoms with Crippen LogP contribution in [0.1, 0.15) is 34.9 Å². The van der Waals surface area contributed by atoms with Gasteiger partial charge in [-0.25, -0.2) is 4.79 Å². The molecule has 3 aromatic carbocycles. The Hall–Kier alpha value is -2.34. The molecule has 3 aromatic rings. The quantitative estimate of drug-likeness (QED) is 0.395. The van der Waals surface area contributed by atoms with Crippen molar-refractivity contribution in [3.63, 3.8) is 0 Å². The molecule has 0 saturated carbocycles. The fourth-order valence-electron chi connectivity index (χ4n) is 4.32.